The van der Waals surface area contributed by atoms with Crippen LogP contribution >= 0.6 is 0 Å². The molecule has 96 valence electrons. The van der Waals surface area contributed by atoms with Crippen molar-refractivity contribution in [2.45, 2.75) is 38.8 Å². The topological polar surface area (TPSA) is 58.6 Å². The molecule has 2 atom stereocenters. The molecule has 2 rings (SSSR count). The fourth-order valence-corrected chi connectivity index (χ4v) is 2.38. The summed E-state index contributed by atoms with van der Waals surface area (Å²) in [6, 6.07) is 0.115. The summed E-state index contributed by atoms with van der Waals surface area (Å²) in [6.45, 7) is 7.32. The van der Waals surface area contributed by atoms with Gasteiger partial charge in [0.1, 0.15) is 11.4 Å². The molecular weight excluding hydrogens is 220 g/mol. The average molecular weight is 240 g/mol. The van der Waals surface area contributed by atoms with Crippen LogP contribution < -0.4 is 5.32 Å². The van der Waals surface area contributed by atoms with Crippen LogP contribution in [0.2, 0.25) is 0 Å². The fraction of sp³-hybridized carbons (Fsp3) is 0.833. The number of ketones is 1. The van der Waals surface area contributed by atoms with Gasteiger partial charge in [0.25, 0.3) is 0 Å². The van der Waals surface area contributed by atoms with Gasteiger partial charge in [-0.05, 0) is 20.8 Å². The first kappa shape index (κ1) is 12.4. The second kappa shape index (κ2) is 4.29. The number of nitrogens with one attached hydrogen (secondary N) is 1. The Balaban J connectivity index is 1.97. The molecule has 2 fully saturated rings. The normalized spacial score (nSPS) is 29.1. The third-order valence-electron chi connectivity index (χ3n) is 3.16. The van der Waals surface area contributed by atoms with Crippen LogP contribution in [-0.4, -0.2) is 48.1 Å². The van der Waals surface area contributed by atoms with E-state index in [2.05, 4.69) is 5.32 Å². The number of fused-ring (bicyclic) bond motifs is 1. The number of ether oxygens (including phenoxy) is 1. The molecule has 17 heavy (non-hydrogen) atoms. The highest BCUT2D eigenvalue weighted by molar-refractivity contribution is 5.84. The minimum atomic E-state index is -0.484. The van der Waals surface area contributed by atoms with E-state index in [4.69, 9.17) is 4.74 Å². The van der Waals surface area contributed by atoms with Crippen LogP contribution in [0, 0.1) is 5.92 Å². The average Bonchev–Trinajstić information content (AvgIpc) is 2.60. The van der Waals surface area contributed by atoms with Gasteiger partial charge in [-0.25, -0.2) is 4.79 Å². The SMILES string of the molecule is CC(C)(C)OC(=O)N1CC2NCCC(=O)C2C1. The molecule has 2 aliphatic rings. The lowest BCUT2D eigenvalue weighted by molar-refractivity contribution is -0.124. The van der Waals surface area contributed by atoms with Gasteiger partial charge >= 0.3 is 6.09 Å². The van der Waals surface area contributed by atoms with Crippen molar-refractivity contribution in [2.75, 3.05) is 19.6 Å². The van der Waals surface area contributed by atoms with E-state index >= 15 is 0 Å². The summed E-state index contributed by atoms with van der Waals surface area (Å²) < 4.78 is 5.31. The predicted octanol–water partition coefficient (Wildman–Crippen LogP) is 0.784. The van der Waals surface area contributed by atoms with Crippen LogP contribution in [0.5, 0.6) is 0 Å². The molecule has 2 saturated heterocycles. The Hall–Kier alpha value is -1.10. The van der Waals surface area contributed by atoms with Crippen molar-refractivity contribution in [1.82, 2.24) is 10.2 Å². The van der Waals surface area contributed by atoms with Crippen molar-refractivity contribution in [2.24, 2.45) is 5.92 Å². The van der Waals surface area contributed by atoms with E-state index in [0.29, 0.717) is 19.5 Å². The molecule has 1 N–H and O–H groups in total. The maximum Gasteiger partial charge on any atom is 0.410 e. The summed E-state index contributed by atoms with van der Waals surface area (Å²) in [7, 11) is 0. The zero-order chi connectivity index (χ0) is 12.6. The Labute approximate surface area is 101 Å². The van der Waals surface area contributed by atoms with Gasteiger partial charge in [-0.2, -0.15) is 0 Å². The predicted molar refractivity (Wildman–Crippen MR) is 62.7 cm³/mol. The second-order valence-electron chi connectivity index (χ2n) is 5.77. The second-order valence-corrected chi connectivity index (χ2v) is 5.77. The Bertz CT molecular complexity index is 335. The molecule has 0 saturated carbocycles. The molecule has 0 bridgehead atoms. The van der Waals surface area contributed by atoms with Crippen molar-refractivity contribution in [1.29, 1.82) is 0 Å². The zero-order valence-corrected chi connectivity index (χ0v) is 10.7. The molecule has 0 aliphatic carbocycles. The number of hydrogen-bond donors (Lipinski definition) is 1. The van der Waals surface area contributed by atoms with Gasteiger partial charge in [-0.15, -0.1) is 0 Å². The number of Topliss-reactive ketones (excluding diaryl/α,β-unsaturated/α-hetero) is 1. The highest BCUT2D eigenvalue weighted by Crippen LogP contribution is 2.24. The van der Waals surface area contributed by atoms with E-state index < -0.39 is 5.60 Å². The minimum absolute atomic E-state index is 0.0451. The van der Waals surface area contributed by atoms with Crippen molar-refractivity contribution in [3.05, 3.63) is 0 Å². The molecule has 0 aromatic rings. The van der Waals surface area contributed by atoms with E-state index in [-0.39, 0.29) is 23.8 Å². The van der Waals surface area contributed by atoms with Gasteiger partial charge < -0.3 is 15.0 Å². The molecule has 5 heteroatoms. The summed E-state index contributed by atoms with van der Waals surface area (Å²) in [5, 5.41) is 3.29. The number of piperidine rings is 1. The van der Waals surface area contributed by atoms with Crippen molar-refractivity contribution >= 4 is 11.9 Å². The first-order valence-electron chi connectivity index (χ1n) is 6.11. The molecule has 0 spiro atoms. The Morgan fingerprint density at radius 3 is 2.71 bits per heavy atom. The number of amides is 1. The monoisotopic (exact) mass is 240 g/mol. The van der Waals surface area contributed by atoms with Crippen LogP contribution in [0.15, 0.2) is 0 Å². The molecule has 2 unspecified atom stereocenters. The fourth-order valence-electron chi connectivity index (χ4n) is 2.38. The summed E-state index contributed by atoms with van der Waals surface area (Å²) >= 11 is 0. The van der Waals surface area contributed by atoms with Gasteiger partial charge in [0.05, 0.1) is 5.92 Å². The third kappa shape index (κ3) is 2.77. The van der Waals surface area contributed by atoms with Crippen molar-refractivity contribution < 1.29 is 14.3 Å². The number of nitrogens with zero attached hydrogens (tertiary/aromatic N) is 1. The maximum absolute atomic E-state index is 11.9. The Kier molecular flexibility index (Phi) is 3.12. The van der Waals surface area contributed by atoms with Gasteiger partial charge in [0.15, 0.2) is 0 Å². The Morgan fingerprint density at radius 1 is 1.41 bits per heavy atom. The van der Waals surface area contributed by atoms with Gasteiger partial charge in [-0.1, -0.05) is 0 Å². The van der Waals surface area contributed by atoms with Crippen LogP contribution in [0.1, 0.15) is 27.2 Å². The largest absolute Gasteiger partial charge is 0.444 e. The summed E-state index contributed by atoms with van der Waals surface area (Å²) in [6.07, 6.45) is 0.255. The number of likely N-dealkylation sites (tertiary alicyclic amines) is 1. The van der Waals surface area contributed by atoms with Gasteiger partial charge in [0.2, 0.25) is 0 Å². The number of rotatable bonds is 0. The lowest BCUT2D eigenvalue weighted by atomic mass is 9.93. The highest BCUT2D eigenvalue weighted by atomic mass is 16.6. The number of hydrogen-bond acceptors (Lipinski definition) is 4. The Morgan fingerprint density at radius 2 is 2.12 bits per heavy atom. The minimum Gasteiger partial charge on any atom is -0.444 e. The first-order chi connectivity index (χ1) is 7.87. The van der Waals surface area contributed by atoms with E-state index in [1.807, 2.05) is 20.8 Å². The lowest BCUT2D eigenvalue weighted by Crippen LogP contribution is -2.45. The smallest absolute Gasteiger partial charge is 0.410 e. The molecule has 5 nitrogen and oxygen atoms in total. The van der Waals surface area contributed by atoms with E-state index in [0.717, 1.165) is 6.54 Å². The zero-order valence-electron chi connectivity index (χ0n) is 10.7. The van der Waals surface area contributed by atoms with E-state index in [1.54, 1.807) is 4.90 Å². The molecule has 1 amide bonds. The molecule has 2 heterocycles. The van der Waals surface area contributed by atoms with Crippen LogP contribution in [0.3, 0.4) is 0 Å². The molecule has 0 aromatic carbocycles. The van der Waals surface area contributed by atoms with E-state index in [9.17, 15) is 9.59 Å². The molecular formula is C12H20N2O3. The molecule has 0 aromatic heterocycles. The van der Waals surface area contributed by atoms with Crippen LogP contribution in [-0.2, 0) is 9.53 Å². The number of carbonyl (C=O) groups excluding carboxylic acids is 2. The van der Waals surface area contributed by atoms with Crippen LogP contribution in [0.25, 0.3) is 0 Å². The molecule has 0 radical (unpaired) electrons. The summed E-state index contributed by atoms with van der Waals surface area (Å²) in [4.78, 5) is 25.2. The molecule has 2 aliphatic heterocycles. The standard InChI is InChI=1S/C12H20N2O3/c1-12(2,3)17-11(16)14-6-8-9(7-14)13-5-4-10(8)15/h8-9,13H,4-7H2,1-3H3. The highest BCUT2D eigenvalue weighted by Gasteiger charge is 2.42. The van der Waals surface area contributed by atoms with Crippen molar-refractivity contribution in [3.63, 3.8) is 0 Å². The summed E-state index contributed by atoms with van der Waals surface area (Å²) in [5.41, 5.74) is -0.484. The lowest BCUT2D eigenvalue weighted by Gasteiger charge is -2.24. The van der Waals surface area contributed by atoms with Gasteiger partial charge in [-0.3, -0.25) is 4.79 Å². The first-order valence-corrected chi connectivity index (χ1v) is 6.11. The maximum atomic E-state index is 11.9. The third-order valence-corrected chi connectivity index (χ3v) is 3.16. The van der Waals surface area contributed by atoms with Crippen molar-refractivity contribution in [3.8, 4) is 0 Å². The quantitative estimate of drug-likeness (QED) is 0.680. The summed E-state index contributed by atoms with van der Waals surface area (Å²) in [5.74, 6) is 0.219. The number of carbonyl (C=O) groups is 2. The van der Waals surface area contributed by atoms with Gasteiger partial charge in [0, 0.05) is 32.1 Å². The van der Waals surface area contributed by atoms with E-state index in [1.165, 1.54) is 0 Å². The van der Waals surface area contributed by atoms with Crippen LogP contribution in [0.4, 0.5) is 4.79 Å².